The smallest absolute Gasteiger partial charge is 0.326 e. The number of nitrogens with zero attached hydrogens (tertiary/aromatic N) is 2. The van der Waals surface area contributed by atoms with Gasteiger partial charge < -0.3 is 5.32 Å². The summed E-state index contributed by atoms with van der Waals surface area (Å²) in [5.74, 6) is 0.279. The monoisotopic (exact) mass is 329 g/mol. The number of benzene rings is 1. The van der Waals surface area contributed by atoms with Gasteiger partial charge in [-0.1, -0.05) is 12.1 Å². The second kappa shape index (κ2) is 6.43. The Kier molecular flexibility index (Phi) is 4.80. The average molecular weight is 329 g/mol. The fourth-order valence-electron chi connectivity index (χ4n) is 1.93. The third kappa shape index (κ3) is 3.82. The number of hydrogen-bond acceptors (Lipinski definition) is 3. The van der Waals surface area contributed by atoms with Crippen LogP contribution in [0.4, 0.5) is 18.9 Å². The minimum Gasteiger partial charge on any atom is -0.326 e. The lowest BCUT2D eigenvalue weighted by Gasteiger charge is -2.06. The van der Waals surface area contributed by atoms with Crippen LogP contribution < -0.4 is 5.32 Å². The van der Waals surface area contributed by atoms with E-state index in [0.29, 0.717) is 29.1 Å². The molecule has 0 aliphatic rings. The van der Waals surface area contributed by atoms with E-state index in [1.807, 2.05) is 0 Å². The van der Waals surface area contributed by atoms with Crippen molar-refractivity contribution in [3.63, 3.8) is 0 Å². The fraction of sp³-hybridized carbons (Fsp3) is 0.286. The molecular weight excluding hydrogens is 315 g/mol. The van der Waals surface area contributed by atoms with Gasteiger partial charge in [-0.15, -0.1) is 0 Å². The number of carbonyl (C=O) groups is 1. The second-order valence-corrected chi connectivity index (χ2v) is 5.08. The van der Waals surface area contributed by atoms with Gasteiger partial charge in [-0.05, 0) is 29.5 Å². The summed E-state index contributed by atoms with van der Waals surface area (Å²) in [5.41, 5.74) is 0.572. The van der Waals surface area contributed by atoms with Gasteiger partial charge in [0.2, 0.25) is 5.91 Å². The van der Waals surface area contributed by atoms with Crippen LogP contribution in [-0.4, -0.2) is 21.4 Å². The highest BCUT2D eigenvalue weighted by Gasteiger charge is 2.34. The predicted molar refractivity (Wildman–Crippen MR) is 80.7 cm³/mol. The number of rotatable bonds is 4. The van der Waals surface area contributed by atoms with E-state index in [0.717, 1.165) is 6.07 Å². The molecule has 0 radical (unpaired) electrons. The van der Waals surface area contributed by atoms with E-state index in [-0.39, 0.29) is 5.91 Å². The van der Waals surface area contributed by atoms with Crippen molar-refractivity contribution in [3.8, 4) is 11.3 Å². The number of halogens is 3. The molecule has 1 amide bonds. The highest BCUT2D eigenvalue weighted by atomic mass is 32.1. The summed E-state index contributed by atoms with van der Waals surface area (Å²) in [6.07, 6.45) is -4.18. The number of anilines is 1. The van der Waals surface area contributed by atoms with E-state index in [2.05, 4.69) is 23.0 Å². The molecule has 0 unspecified atom stereocenters. The third-order valence-corrected chi connectivity index (χ3v) is 3.20. The van der Waals surface area contributed by atoms with Crippen molar-refractivity contribution in [1.82, 2.24) is 9.78 Å². The maximum atomic E-state index is 12.6. The third-order valence-electron chi connectivity index (χ3n) is 2.97. The molecule has 22 heavy (non-hydrogen) atoms. The van der Waals surface area contributed by atoms with Gasteiger partial charge in [0.1, 0.15) is 0 Å². The average Bonchev–Trinajstić information content (AvgIpc) is 2.82. The molecule has 0 saturated heterocycles. The number of alkyl halides is 3. The number of hydrogen-bond donors (Lipinski definition) is 2. The van der Waals surface area contributed by atoms with Crippen molar-refractivity contribution in [3.05, 3.63) is 36.0 Å². The van der Waals surface area contributed by atoms with Crippen LogP contribution >= 0.6 is 12.6 Å². The van der Waals surface area contributed by atoms with Crippen molar-refractivity contribution in [2.75, 3.05) is 11.1 Å². The van der Waals surface area contributed by atoms with E-state index in [1.165, 1.54) is 11.7 Å². The summed E-state index contributed by atoms with van der Waals surface area (Å²) >= 11 is 3.96. The summed E-state index contributed by atoms with van der Waals surface area (Å²) in [7, 11) is 1.45. The second-order valence-electron chi connectivity index (χ2n) is 4.64. The molecule has 1 aromatic carbocycles. The number of thiol groups is 1. The van der Waals surface area contributed by atoms with E-state index in [1.54, 1.807) is 24.3 Å². The molecule has 2 rings (SSSR count). The molecule has 0 saturated carbocycles. The molecule has 0 fully saturated rings. The number of aryl methyl sites for hydroxylation is 1. The molecule has 0 bridgehead atoms. The molecule has 1 aromatic heterocycles. The Balaban J connectivity index is 2.20. The highest BCUT2D eigenvalue weighted by Crippen LogP contribution is 2.31. The zero-order valence-electron chi connectivity index (χ0n) is 11.7. The topological polar surface area (TPSA) is 46.9 Å². The van der Waals surface area contributed by atoms with Gasteiger partial charge in [-0.25, -0.2) is 0 Å². The van der Waals surface area contributed by atoms with Crippen LogP contribution in [0.15, 0.2) is 30.3 Å². The molecule has 0 atom stereocenters. The summed E-state index contributed by atoms with van der Waals surface area (Å²) in [4.78, 5) is 11.4. The van der Waals surface area contributed by atoms with E-state index >= 15 is 0 Å². The summed E-state index contributed by atoms with van der Waals surface area (Å²) in [6, 6.07) is 7.52. The summed E-state index contributed by atoms with van der Waals surface area (Å²) in [6.45, 7) is 0. The fourth-order valence-corrected chi connectivity index (χ4v) is 2.13. The Morgan fingerprint density at radius 3 is 2.45 bits per heavy atom. The molecular formula is C14H14F3N3OS. The Hall–Kier alpha value is -1.96. The molecule has 0 spiro atoms. The van der Waals surface area contributed by atoms with Crippen molar-refractivity contribution in [2.24, 2.45) is 7.05 Å². The van der Waals surface area contributed by atoms with Crippen LogP contribution in [0.2, 0.25) is 0 Å². The predicted octanol–water partition coefficient (Wildman–Crippen LogP) is 3.36. The molecule has 8 heteroatoms. The van der Waals surface area contributed by atoms with Gasteiger partial charge >= 0.3 is 6.18 Å². The van der Waals surface area contributed by atoms with Crippen molar-refractivity contribution >= 4 is 24.2 Å². The highest BCUT2D eigenvalue weighted by molar-refractivity contribution is 7.80. The van der Waals surface area contributed by atoms with Crippen LogP contribution in [0.1, 0.15) is 12.1 Å². The van der Waals surface area contributed by atoms with E-state index in [4.69, 9.17) is 0 Å². The van der Waals surface area contributed by atoms with Crippen LogP contribution in [-0.2, 0) is 18.0 Å². The van der Waals surface area contributed by atoms with Gasteiger partial charge in [-0.2, -0.15) is 30.9 Å². The minimum atomic E-state index is -4.48. The lowest BCUT2D eigenvalue weighted by molar-refractivity contribution is -0.141. The standard InChI is InChI=1S/C14H14F3N3OS/c1-20-11(8-12(19-20)14(15,16)17)9-2-4-10(5-3-9)18-13(21)6-7-22/h2-5,8,22H,6-7H2,1H3,(H,18,21). The van der Waals surface area contributed by atoms with Gasteiger partial charge in [0, 0.05) is 19.2 Å². The maximum absolute atomic E-state index is 12.6. The Bertz CT molecular complexity index is 665. The Morgan fingerprint density at radius 1 is 1.32 bits per heavy atom. The van der Waals surface area contributed by atoms with Gasteiger partial charge in [0.25, 0.3) is 0 Å². The van der Waals surface area contributed by atoms with Crippen LogP contribution in [0.25, 0.3) is 11.3 Å². The normalized spacial score (nSPS) is 11.5. The molecule has 0 aliphatic carbocycles. The van der Waals surface area contributed by atoms with Gasteiger partial charge in [0.15, 0.2) is 5.69 Å². The first-order chi connectivity index (χ1) is 10.3. The van der Waals surface area contributed by atoms with E-state index < -0.39 is 11.9 Å². The van der Waals surface area contributed by atoms with Crippen molar-refractivity contribution in [2.45, 2.75) is 12.6 Å². The molecule has 1 heterocycles. The molecule has 2 aromatic rings. The van der Waals surface area contributed by atoms with E-state index in [9.17, 15) is 18.0 Å². The zero-order chi connectivity index (χ0) is 16.3. The zero-order valence-corrected chi connectivity index (χ0v) is 12.6. The molecule has 0 aliphatic heterocycles. The number of amides is 1. The number of carbonyl (C=O) groups excluding carboxylic acids is 1. The minimum absolute atomic E-state index is 0.164. The Labute approximate surface area is 130 Å². The first-order valence-corrected chi connectivity index (χ1v) is 7.07. The quantitative estimate of drug-likeness (QED) is 0.845. The van der Waals surface area contributed by atoms with Crippen LogP contribution in [0.3, 0.4) is 0 Å². The number of aromatic nitrogens is 2. The SMILES string of the molecule is Cn1nc(C(F)(F)F)cc1-c1ccc(NC(=O)CCS)cc1. The maximum Gasteiger partial charge on any atom is 0.435 e. The first kappa shape index (κ1) is 16.4. The summed E-state index contributed by atoms with van der Waals surface area (Å²) < 4.78 is 39.1. The van der Waals surface area contributed by atoms with Crippen LogP contribution in [0.5, 0.6) is 0 Å². The summed E-state index contributed by atoms with van der Waals surface area (Å²) in [5, 5.41) is 6.14. The molecule has 118 valence electrons. The Morgan fingerprint density at radius 2 is 1.95 bits per heavy atom. The lowest BCUT2D eigenvalue weighted by Crippen LogP contribution is -2.11. The lowest BCUT2D eigenvalue weighted by atomic mass is 10.1. The molecule has 4 nitrogen and oxygen atoms in total. The largest absolute Gasteiger partial charge is 0.435 e. The number of nitrogens with one attached hydrogen (secondary N) is 1. The van der Waals surface area contributed by atoms with Crippen molar-refractivity contribution in [1.29, 1.82) is 0 Å². The van der Waals surface area contributed by atoms with Gasteiger partial charge in [-0.3, -0.25) is 9.48 Å². The first-order valence-electron chi connectivity index (χ1n) is 6.43. The van der Waals surface area contributed by atoms with Crippen molar-refractivity contribution < 1.29 is 18.0 Å². The molecule has 1 N–H and O–H groups in total. The van der Waals surface area contributed by atoms with Gasteiger partial charge in [0.05, 0.1) is 5.69 Å². The van der Waals surface area contributed by atoms with Crippen LogP contribution in [0, 0.1) is 0 Å².